The highest BCUT2D eigenvalue weighted by Crippen LogP contribution is 2.55. The average Bonchev–Trinajstić information content (AvgIpc) is 1.87. The highest BCUT2D eigenvalue weighted by Gasteiger charge is 2.13. The van der Waals surface area contributed by atoms with Crippen molar-refractivity contribution < 1.29 is 0 Å². The Bertz CT molecular complexity index is 94.1. The summed E-state index contributed by atoms with van der Waals surface area (Å²) >= 11 is 0. The molecule has 1 nitrogen and oxygen atoms in total. The van der Waals surface area contributed by atoms with Crippen LogP contribution in [0.2, 0.25) is 0 Å². The Balaban J connectivity index is 3.70. The molecule has 11 heavy (non-hydrogen) atoms. The summed E-state index contributed by atoms with van der Waals surface area (Å²) in [6.07, 6.45) is 2.11. The fraction of sp³-hybridized carbons (Fsp3) is 1.00. The van der Waals surface area contributed by atoms with Gasteiger partial charge in [0.25, 0.3) is 0 Å². The van der Waals surface area contributed by atoms with E-state index in [2.05, 4.69) is 6.92 Å². The lowest BCUT2D eigenvalue weighted by molar-refractivity contribution is 0.665. The van der Waals surface area contributed by atoms with Crippen LogP contribution in [0.15, 0.2) is 0 Å². The molecule has 0 aromatic heterocycles. The zero-order valence-corrected chi connectivity index (χ0v) is 10.8. The van der Waals surface area contributed by atoms with Crippen LogP contribution < -0.4 is 0 Å². The van der Waals surface area contributed by atoms with Crippen LogP contribution in [-0.4, -0.2) is 10.3 Å². The summed E-state index contributed by atoms with van der Waals surface area (Å²) in [6, 6.07) is 0. The van der Waals surface area contributed by atoms with Crippen molar-refractivity contribution in [2.75, 3.05) is 6.54 Å². The minimum absolute atomic E-state index is 0.786. The fourth-order valence-corrected chi connectivity index (χ4v) is 6.08. The molecule has 0 aliphatic heterocycles. The minimum atomic E-state index is -1.17. The third kappa shape index (κ3) is 5.97. The van der Waals surface area contributed by atoms with Gasteiger partial charge in [-0.05, 0) is 68.2 Å². The predicted molar refractivity (Wildman–Crippen MR) is 63.0 cm³/mol. The highest BCUT2D eigenvalue weighted by atomic mass is 36.0. The van der Waals surface area contributed by atoms with E-state index in [-0.39, 0.29) is 0 Å². The largest absolute Gasteiger partial charge is 0.185 e. The molecule has 0 saturated carbocycles. The third-order valence-electron chi connectivity index (χ3n) is 1.06. The van der Waals surface area contributed by atoms with Gasteiger partial charge in [0.05, 0.1) is 0 Å². The van der Waals surface area contributed by atoms with Crippen molar-refractivity contribution in [1.82, 2.24) is 3.71 Å². The van der Waals surface area contributed by atoms with Gasteiger partial charge in [0.1, 0.15) is 0 Å². The molecular weight excluding hydrogens is 268 g/mol. The maximum atomic E-state index is 5.68. The van der Waals surface area contributed by atoms with Crippen molar-refractivity contribution in [3.05, 3.63) is 0 Å². The van der Waals surface area contributed by atoms with Crippen molar-refractivity contribution in [3.8, 4) is 0 Å². The lowest BCUT2D eigenvalue weighted by atomic mass is 10.3. The standard InChI is InChI=1S/C4H11Cl4NS2/c1-2-3-4-9(10(5)6)11(7)8/h10-11H,2-4H2,1H3. The molecule has 0 aromatic rings. The summed E-state index contributed by atoms with van der Waals surface area (Å²) in [5.41, 5.74) is 0. The monoisotopic (exact) mass is 277 g/mol. The van der Waals surface area contributed by atoms with E-state index in [1.54, 1.807) is 3.71 Å². The zero-order chi connectivity index (χ0) is 8.85. The van der Waals surface area contributed by atoms with Gasteiger partial charge in [0.2, 0.25) is 0 Å². The van der Waals surface area contributed by atoms with Crippen LogP contribution in [0.3, 0.4) is 0 Å². The second kappa shape index (κ2) is 7.25. The quantitative estimate of drug-likeness (QED) is 0.699. The molecule has 0 N–H and O–H groups in total. The van der Waals surface area contributed by atoms with Crippen LogP contribution in [0.5, 0.6) is 0 Å². The first-order valence-corrected chi connectivity index (χ1v) is 9.31. The molecule has 0 saturated heterocycles. The van der Waals surface area contributed by atoms with Gasteiger partial charge in [-0.15, -0.1) is 0 Å². The van der Waals surface area contributed by atoms with Crippen molar-refractivity contribution in [2.24, 2.45) is 0 Å². The maximum Gasteiger partial charge on any atom is 0.0209 e. The minimum Gasteiger partial charge on any atom is -0.185 e. The van der Waals surface area contributed by atoms with Crippen molar-refractivity contribution in [1.29, 1.82) is 0 Å². The molecule has 0 aliphatic rings. The Kier molecular flexibility index (Phi) is 8.44. The fourth-order valence-electron chi connectivity index (χ4n) is 0.502. The van der Waals surface area contributed by atoms with Gasteiger partial charge in [-0.2, -0.15) is 3.71 Å². The lowest BCUT2D eigenvalue weighted by Crippen LogP contribution is -2.09. The SMILES string of the molecule is CCCCN([SH](Cl)Cl)[SH](Cl)Cl. The van der Waals surface area contributed by atoms with Crippen molar-refractivity contribution in [3.63, 3.8) is 0 Å². The van der Waals surface area contributed by atoms with Gasteiger partial charge in [-0.25, -0.2) is 0 Å². The number of halogens is 4. The highest BCUT2D eigenvalue weighted by molar-refractivity contribution is 8.62. The van der Waals surface area contributed by atoms with Crippen LogP contribution in [-0.2, 0) is 0 Å². The molecule has 0 unspecified atom stereocenters. The van der Waals surface area contributed by atoms with Crippen LogP contribution >= 0.6 is 61.7 Å². The number of nitrogens with zero attached hydrogens (tertiary/aromatic N) is 1. The smallest absolute Gasteiger partial charge is 0.0209 e. The molecule has 0 aliphatic carbocycles. The summed E-state index contributed by atoms with van der Waals surface area (Å²) in [5, 5.41) is 0. The molecule has 0 atom stereocenters. The summed E-state index contributed by atoms with van der Waals surface area (Å²) in [4.78, 5) is 0. The molecule has 0 amide bonds. The molecule has 0 aromatic carbocycles. The average molecular weight is 279 g/mol. The lowest BCUT2D eigenvalue weighted by Gasteiger charge is -2.27. The van der Waals surface area contributed by atoms with E-state index >= 15 is 0 Å². The van der Waals surface area contributed by atoms with E-state index in [0.717, 1.165) is 19.4 Å². The first kappa shape index (κ1) is 12.8. The first-order chi connectivity index (χ1) is 5.09. The topological polar surface area (TPSA) is 3.24 Å². The molecule has 0 heterocycles. The van der Waals surface area contributed by atoms with Gasteiger partial charge < -0.3 is 0 Å². The zero-order valence-electron chi connectivity index (χ0n) is 5.97. The normalized spacial score (nSPS) is 13.6. The molecule has 0 spiro atoms. The Morgan fingerprint density at radius 2 is 1.55 bits per heavy atom. The van der Waals surface area contributed by atoms with E-state index in [9.17, 15) is 0 Å². The van der Waals surface area contributed by atoms with Crippen molar-refractivity contribution >= 4 is 61.7 Å². The van der Waals surface area contributed by atoms with E-state index in [4.69, 9.17) is 42.7 Å². The molecule has 0 rings (SSSR count). The Morgan fingerprint density at radius 3 is 1.82 bits per heavy atom. The van der Waals surface area contributed by atoms with Gasteiger partial charge in [0, 0.05) is 6.54 Å². The van der Waals surface area contributed by atoms with Crippen LogP contribution in [0, 0.1) is 0 Å². The molecule has 0 bridgehead atoms. The first-order valence-electron chi connectivity index (χ1n) is 3.10. The molecule has 7 heteroatoms. The van der Waals surface area contributed by atoms with Gasteiger partial charge in [-0.3, -0.25) is 0 Å². The number of hydrogen-bond acceptors (Lipinski definition) is 1. The number of rotatable bonds is 5. The summed E-state index contributed by atoms with van der Waals surface area (Å²) in [5.74, 6) is 0. The van der Waals surface area contributed by atoms with E-state index in [1.807, 2.05) is 0 Å². The Hall–Kier alpha value is 1.82. The van der Waals surface area contributed by atoms with Gasteiger partial charge in [0.15, 0.2) is 0 Å². The second-order valence-electron chi connectivity index (χ2n) is 1.88. The Morgan fingerprint density at radius 1 is 1.09 bits per heavy atom. The van der Waals surface area contributed by atoms with E-state index < -0.39 is 19.0 Å². The number of thiol groups is 2. The van der Waals surface area contributed by atoms with Crippen molar-refractivity contribution in [2.45, 2.75) is 19.8 Å². The molecule has 0 fully saturated rings. The molecule has 0 radical (unpaired) electrons. The summed E-state index contributed by atoms with van der Waals surface area (Å²) in [6.45, 7) is 2.88. The Labute approximate surface area is 91.3 Å². The predicted octanol–water partition coefficient (Wildman–Crippen LogP) is 4.54. The molecular formula is C4H11Cl4NS2. The third-order valence-corrected chi connectivity index (χ3v) is 6.69. The van der Waals surface area contributed by atoms with Gasteiger partial charge in [-0.1, -0.05) is 13.3 Å². The van der Waals surface area contributed by atoms with Crippen LogP contribution in [0.25, 0.3) is 0 Å². The molecule has 72 valence electrons. The summed E-state index contributed by atoms with van der Waals surface area (Å²) < 4.78 is 1.74. The number of hydrogen-bond donors (Lipinski definition) is 2. The second-order valence-corrected chi connectivity index (χ2v) is 8.90. The summed E-state index contributed by atoms with van der Waals surface area (Å²) in [7, 11) is 20.4. The maximum absolute atomic E-state index is 5.68. The van der Waals surface area contributed by atoms with E-state index in [1.165, 1.54) is 0 Å². The van der Waals surface area contributed by atoms with Crippen LogP contribution in [0.1, 0.15) is 19.8 Å². The van der Waals surface area contributed by atoms with Gasteiger partial charge >= 0.3 is 0 Å². The van der Waals surface area contributed by atoms with E-state index in [0.29, 0.717) is 0 Å². The number of unbranched alkanes of at least 4 members (excludes halogenated alkanes) is 1. The van der Waals surface area contributed by atoms with Crippen LogP contribution in [0.4, 0.5) is 0 Å².